The Morgan fingerprint density at radius 1 is 1.55 bits per heavy atom. The summed E-state index contributed by atoms with van der Waals surface area (Å²) in [5.41, 5.74) is 0.877. The third-order valence-corrected chi connectivity index (χ3v) is 0.791. The first-order chi connectivity index (χ1) is 5.02. The van der Waals surface area contributed by atoms with Gasteiger partial charge in [-0.3, -0.25) is 5.01 Å². The predicted molar refractivity (Wildman–Crippen MR) is 43.3 cm³/mol. The molecule has 0 radical (unpaired) electrons. The number of rotatable bonds is 3. The van der Waals surface area contributed by atoms with E-state index in [1.54, 1.807) is 7.05 Å². The SMILES string of the molecule is CC(C)=NN(C)C=CC(=O)O. The average molecular weight is 156 g/mol. The van der Waals surface area contributed by atoms with E-state index in [2.05, 4.69) is 5.10 Å². The van der Waals surface area contributed by atoms with Gasteiger partial charge in [-0.05, 0) is 13.8 Å². The van der Waals surface area contributed by atoms with E-state index in [1.807, 2.05) is 13.8 Å². The van der Waals surface area contributed by atoms with Gasteiger partial charge in [0.15, 0.2) is 0 Å². The summed E-state index contributed by atoms with van der Waals surface area (Å²) in [6.07, 6.45) is 2.42. The molecule has 0 saturated carbocycles. The van der Waals surface area contributed by atoms with E-state index < -0.39 is 5.97 Å². The normalized spacial score (nSPS) is 9.73. The van der Waals surface area contributed by atoms with E-state index in [0.717, 1.165) is 11.8 Å². The van der Waals surface area contributed by atoms with Crippen LogP contribution in [0.25, 0.3) is 0 Å². The number of carbonyl (C=O) groups is 1. The Morgan fingerprint density at radius 2 is 2.09 bits per heavy atom. The molecule has 11 heavy (non-hydrogen) atoms. The molecule has 0 aromatic carbocycles. The molecule has 0 aliphatic carbocycles. The summed E-state index contributed by atoms with van der Waals surface area (Å²) in [4.78, 5) is 10.0. The summed E-state index contributed by atoms with van der Waals surface area (Å²) in [5.74, 6) is -0.971. The average Bonchev–Trinajstić information content (AvgIpc) is 1.82. The molecule has 0 aliphatic heterocycles. The summed E-state index contributed by atoms with van der Waals surface area (Å²) in [7, 11) is 1.67. The minimum atomic E-state index is -0.971. The number of aliphatic carboxylic acids is 1. The molecule has 0 saturated heterocycles. The highest BCUT2D eigenvalue weighted by molar-refractivity contribution is 5.80. The quantitative estimate of drug-likeness (QED) is 0.375. The van der Waals surface area contributed by atoms with Crippen molar-refractivity contribution in [1.82, 2.24) is 5.01 Å². The number of hydrogen-bond acceptors (Lipinski definition) is 3. The van der Waals surface area contributed by atoms with Crippen molar-refractivity contribution in [3.05, 3.63) is 12.3 Å². The molecule has 0 aromatic heterocycles. The van der Waals surface area contributed by atoms with Gasteiger partial charge in [-0.25, -0.2) is 4.79 Å². The number of hydrogen-bond donors (Lipinski definition) is 1. The Morgan fingerprint density at radius 3 is 2.45 bits per heavy atom. The topological polar surface area (TPSA) is 52.9 Å². The minimum absolute atomic E-state index is 0.877. The predicted octanol–water partition coefficient (Wildman–Crippen LogP) is 0.912. The van der Waals surface area contributed by atoms with Crippen LogP contribution in [0.5, 0.6) is 0 Å². The van der Waals surface area contributed by atoms with Gasteiger partial charge in [0.05, 0.1) is 0 Å². The molecular weight excluding hydrogens is 144 g/mol. The molecule has 0 heterocycles. The number of nitrogens with zero attached hydrogens (tertiary/aromatic N) is 2. The lowest BCUT2D eigenvalue weighted by Crippen LogP contribution is -2.04. The van der Waals surface area contributed by atoms with E-state index in [9.17, 15) is 4.79 Å². The van der Waals surface area contributed by atoms with E-state index in [4.69, 9.17) is 5.11 Å². The second-order valence-corrected chi connectivity index (χ2v) is 2.27. The number of hydrazone groups is 1. The molecule has 4 nitrogen and oxygen atoms in total. The molecule has 0 spiro atoms. The largest absolute Gasteiger partial charge is 0.478 e. The van der Waals surface area contributed by atoms with Gasteiger partial charge in [-0.2, -0.15) is 5.10 Å². The fraction of sp³-hybridized carbons (Fsp3) is 0.429. The van der Waals surface area contributed by atoms with Gasteiger partial charge in [-0.1, -0.05) is 0 Å². The molecular formula is C7H12N2O2. The van der Waals surface area contributed by atoms with Crippen molar-refractivity contribution in [3.63, 3.8) is 0 Å². The Labute approximate surface area is 65.8 Å². The van der Waals surface area contributed by atoms with Crippen molar-refractivity contribution in [3.8, 4) is 0 Å². The first-order valence-electron chi connectivity index (χ1n) is 3.18. The third kappa shape index (κ3) is 6.57. The molecule has 0 unspecified atom stereocenters. The Balaban J connectivity index is 3.97. The maximum absolute atomic E-state index is 10.0. The third-order valence-electron chi connectivity index (χ3n) is 0.791. The molecule has 0 fully saturated rings. The van der Waals surface area contributed by atoms with Crippen LogP contribution in [-0.4, -0.2) is 28.8 Å². The lowest BCUT2D eigenvalue weighted by atomic mass is 10.5. The van der Waals surface area contributed by atoms with Crippen molar-refractivity contribution in [2.24, 2.45) is 5.10 Å². The second kappa shape index (κ2) is 4.49. The molecule has 4 heteroatoms. The highest BCUT2D eigenvalue weighted by Gasteiger charge is 1.88. The number of carboxylic acid groups (broad SMARTS) is 1. The zero-order valence-corrected chi connectivity index (χ0v) is 6.90. The Kier molecular flexibility index (Phi) is 3.95. The second-order valence-electron chi connectivity index (χ2n) is 2.27. The standard InChI is InChI=1S/C7H12N2O2/c1-6(2)8-9(3)5-4-7(10)11/h4-5H,1-3H3,(H,10,11). The van der Waals surface area contributed by atoms with E-state index in [-0.39, 0.29) is 0 Å². The van der Waals surface area contributed by atoms with Gasteiger partial charge in [0.25, 0.3) is 0 Å². The number of carboxylic acids is 1. The van der Waals surface area contributed by atoms with Crippen molar-refractivity contribution < 1.29 is 9.90 Å². The first kappa shape index (κ1) is 9.68. The fourth-order valence-corrected chi connectivity index (χ4v) is 0.520. The zero-order chi connectivity index (χ0) is 8.85. The van der Waals surface area contributed by atoms with Gasteiger partial charge in [0, 0.05) is 25.0 Å². The maximum Gasteiger partial charge on any atom is 0.329 e. The zero-order valence-electron chi connectivity index (χ0n) is 6.90. The van der Waals surface area contributed by atoms with E-state index in [1.165, 1.54) is 11.2 Å². The van der Waals surface area contributed by atoms with Crippen molar-refractivity contribution in [2.45, 2.75) is 13.8 Å². The van der Waals surface area contributed by atoms with E-state index in [0.29, 0.717) is 0 Å². The Bertz CT molecular complexity index is 193. The fourth-order valence-electron chi connectivity index (χ4n) is 0.520. The molecule has 0 aliphatic rings. The lowest BCUT2D eigenvalue weighted by Gasteiger charge is -2.05. The van der Waals surface area contributed by atoms with Crippen LogP contribution in [0.1, 0.15) is 13.8 Å². The van der Waals surface area contributed by atoms with Crippen LogP contribution in [-0.2, 0) is 4.79 Å². The summed E-state index contributed by atoms with van der Waals surface area (Å²) in [6.45, 7) is 3.68. The van der Waals surface area contributed by atoms with Crippen molar-refractivity contribution >= 4 is 11.7 Å². The molecule has 0 aromatic rings. The van der Waals surface area contributed by atoms with E-state index >= 15 is 0 Å². The molecule has 62 valence electrons. The van der Waals surface area contributed by atoms with Crippen LogP contribution in [0.4, 0.5) is 0 Å². The van der Waals surface area contributed by atoms with Crippen LogP contribution >= 0.6 is 0 Å². The molecule has 0 amide bonds. The molecule has 0 rings (SSSR count). The smallest absolute Gasteiger partial charge is 0.329 e. The van der Waals surface area contributed by atoms with Gasteiger partial charge in [0.2, 0.25) is 0 Å². The lowest BCUT2D eigenvalue weighted by molar-refractivity contribution is -0.131. The Hall–Kier alpha value is -1.32. The molecule has 0 bridgehead atoms. The molecule has 1 N–H and O–H groups in total. The van der Waals surface area contributed by atoms with Gasteiger partial charge < -0.3 is 5.11 Å². The summed E-state index contributed by atoms with van der Waals surface area (Å²) in [5, 5.41) is 13.6. The highest BCUT2D eigenvalue weighted by atomic mass is 16.4. The minimum Gasteiger partial charge on any atom is -0.478 e. The van der Waals surface area contributed by atoms with Crippen LogP contribution < -0.4 is 0 Å². The van der Waals surface area contributed by atoms with Crippen LogP contribution in [0.3, 0.4) is 0 Å². The van der Waals surface area contributed by atoms with Crippen LogP contribution in [0.15, 0.2) is 17.4 Å². The maximum atomic E-state index is 10.0. The van der Waals surface area contributed by atoms with Gasteiger partial charge in [-0.15, -0.1) is 0 Å². The highest BCUT2D eigenvalue weighted by Crippen LogP contribution is 1.86. The van der Waals surface area contributed by atoms with Gasteiger partial charge in [0.1, 0.15) is 0 Å². The van der Waals surface area contributed by atoms with Crippen LogP contribution in [0.2, 0.25) is 0 Å². The summed E-state index contributed by atoms with van der Waals surface area (Å²) in [6, 6.07) is 0. The summed E-state index contributed by atoms with van der Waals surface area (Å²) >= 11 is 0. The summed E-state index contributed by atoms with van der Waals surface area (Å²) < 4.78 is 0. The van der Waals surface area contributed by atoms with Crippen molar-refractivity contribution in [2.75, 3.05) is 7.05 Å². The monoisotopic (exact) mass is 156 g/mol. The van der Waals surface area contributed by atoms with Gasteiger partial charge >= 0.3 is 5.97 Å². The van der Waals surface area contributed by atoms with Crippen molar-refractivity contribution in [1.29, 1.82) is 0 Å². The molecule has 0 atom stereocenters. The van der Waals surface area contributed by atoms with Crippen LogP contribution in [0, 0.1) is 0 Å². The first-order valence-corrected chi connectivity index (χ1v) is 3.18.